The monoisotopic (exact) mass is 405 g/mol. The molecule has 5 heteroatoms. The predicted octanol–water partition coefficient (Wildman–Crippen LogP) is 5.36. The van der Waals surface area contributed by atoms with Gasteiger partial charge in [0, 0.05) is 11.5 Å². The molecule has 0 aromatic heterocycles. The summed E-state index contributed by atoms with van der Waals surface area (Å²) in [6, 6.07) is 24.8. The average Bonchev–Trinajstić information content (AvgIpc) is 3.06. The first kappa shape index (κ1) is 19.2. The Balaban J connectivity index is 1.46. The second-order valence-electron chi connectivity index (χ2n) is 7.15. The van der Waals surface area contributed by atoms with Crippen LogP contribution < -0.4 is 5.32 Å². The third-order valence-electron chi connectivity index (χ3n) is 5.14. The van der Waals surface area contributed by atoms with Gasteiger partial charge in [-0.25, -0.2) is 4.79 Å². The van der Waals surface area contributed by atoms with Crippen molar-refractivity contribution < 1.29 is 14.3 Å². The highest BCUT2D eigenvalue weighted by molar-refractivity contribution is 6.38. The van der Waals surface area contributed by atoms with Crippen molar-refractivity contribution in [3.8, 4) is 11.1 Å². The van der Waals surface area contributed by atoms with E-state index in [9.17, 15) is 9.59 Å². The van der Waals surface area contributed by atoms with E-state index in [1.54, 1.807) is 30.3 Å². The fourth-order valence-electron chi connectivity index (χ4n) is 3.74. The molecule has 29 heavy (non-hydrogen) atoms. The number of ether oxygens (including phenoxy) is 1. The van der Waals surface area contributed by atoms with E-state index in [4.69, 9.17) is 16.3 Å². The number of carbonyl (C=O) groups excluding carboxylic acids is 2. The molecule has 0 heterocycles. The lowest BCUT2D eigenvalue weighted by molar-refractivity contribution is 0.0902. The summed E-state index contributed by atoms with van der Waals surface area (Å²) in [7, 11) is 0. The van der Waals surface area contributed by atoms with Crippen molar-refractivity contribution in [3.63, 3.8) is 0 Å². The van der Waals surface area contributed by atoms with Crippen LogP contribution in [-0.2, 0) is 4.74 Å². The van der Waals surface area contributed by atoms with Gasteiger partial charge in [0.1, 0.15) is 6.61 Å². The van der Waals surface area contributed by atoms with E-state index in [-0.39, 0.29) is 12.5 Å². The first-order chi connectivity index (χ1) is 14.0. The molecule has 0 saturated carbocycles. The normalized spacial score (nSPS) is 14.4. The minimum absolute atomic E-state index is 0.0560. The summed E-state index contributed by atoms with van der Waals surface area (Å²) in [6.07, 6.45) is -0.728. The van der Waals surface area contributed by atoms with Crippen LogP contribution in [0.25, 0.3) is 11.1 Å². The lowest BCUT2D eigenvalue weighted by Gasteiger charge is -2.23. The number of benzene rings is 3. The van der Waals surface area contributed by atoms with Crippen LogP contribution in [0.3, 0.4) is 0 Å². The molecular weight excluding hydrogens is 386 g/mol. The van der Waals surface area contributed by atoms with Gasteiger partial charge in [0.25, 0.3) is 0 Å². The van der Waals surface area contributed by atoms with E-state index in [1.165, 1.54) is 6.92 Å². The molecule has 0 saturated heterocycles. The molecule has 4 nitrogen and oxygen atoms in total. The number of ketones is 1. The van der Waals surface area contributed by atoms with Crippen molar-refractivity contribution >= 4 is 23.5 Å². The molecule has 0 fully saturated rings. The van der Waals surface area contributed by atoms with Crippen LogP contribution in [0.1, 0.15) is 34.3 Å². The van der Waals surface area contributed by atoms with E-state index < -0.39 is 16.9 Å². The second kappa shape index (κ2) is 7.72. The van der Waals surface area contributed by atoms with Crippen LogP contribution in [0, 0.1) is 0 Å². The topological polar surface area (TPSA) is 55.4 Å². The van der Waals surface area contributed by atoms with Gasteiger partial charge in [-0.2, -0.15) is 0 Å². The van der Waals surface area contributed by atoms with Gasteiger partial charge in [-0.15, -0.1) is 0 Å². The lowest BCUT2D eigenvalue weighted by atomic mass is 9.98. The van der Waals surface area contributed by atoms with E-state index in [0.29, 0.717) is 5.56 Å². The Morgan fingerprint density at radius 3 is 2.00 bits per heavy atom. The zero-order chi connectivity index (χ0) is 20.4. The van der Waals surface area contributed by atoms with Gasteiger partial charge >= 0.3 is 6.09 Å². The zero-order valence-electron chi connectivity index (χ0n) is 15.9. The number of alkyl halides is 1. The number of carbonyl (C=O) groups is 2. The minimum Gasteiger partial charge on any atom is -0.449 e. The number of Topliss-reactive ketones (excluding diaryl/α,β-unsaturated/α-hetero) is 1. The van der Waals surface area contributed by atoms with Crippen molar-refractivity contribution in [3.05, 3.63) is 95.6 Å². The van der Waals surface area contributed by atoms with E-state index in [0.717, 1.165) is 22.3 Å². The molecule has 1 N–H and O–H groups in total. The maximum atomic E-state index is 12.6. The first-order valence-corrected chi connectivity index (χ1v) is 9.77. The van der Waals surface area contributed by atoms with Gasteiger partial charge in [0.05, 0.1) is 0 Å². The van der Waals surface area contributed by atoms with E-state index >= 15 is 0 Å². The van der Waals surface area contributed by atoms with Crippen LogP contribution in [0.4, 0.5) is 4.79 Å². The van der Waals surface area contributed by atoms with Gasteiger partial charge in [-0.3, -0.25) is 10.1 Å². The average molecular weight is 406 g/mol. The van der Waals surface area contributed by atoms with E-state index in [1.807, 2.05) is 36.4 Å². The van der Waals surface area contributed by atoms with Crippen molar-refractivity contribution in [2.24, 2.45) is 0 Å². The van der Waals surface area contributed by atoms with Crippen LogP contribution >= 0.6 is 11.6 Å². The Morgan fingerprint density at radius 2 is 1.41 bits per heavy atom. The van der Waals surface area contributed by atoms with Crippen LogP contribution in [0.2, 0.25) is 0 Å². The third-order valence-corrected chi connectivity index (χ3v) is 5.41. The highest BCUT2D eigenvalue weighted by atomic mass is 35.5. The third kappa shape index (κ3) is 3.76. The van der Waals surface area contributed by atoms with Crippen molar-refractivity contribution in [2.45, 2.75) is 17.8 Å². The van der Waals surface area contributed by atoms with Crippen LogP contribution in [0.5, 0.6) is 0 Å². The first-order valence-electron chi connectivity index (χ1n) is 9.39. The Bertz CT molecular complexity index is 1020. The SMILES string of the molecule is C[C@](Cl)(NC(=O)OCC1c2ccccc2-c2ccccc21)C(=O)c1ccccc1. The number of hydrogen-bond donors (Lipinski definition) is 1. The fraction of sp³-hybridized carbons (Fsp3) is 0.167. The van der Waals surface area contributed by atoms with Gasteiger partial charge in [-0.1, -0.05) is 90.5 Å². The fourth-order valence-corrected chi connectivity index (χ4v) is 3.93. The lowest BCUT2D eigenvalue weighted by Crippen LogP contribution is -2.48. The zero-order valence-corrected chi connectivity index (χ0v) is 16.6. The van der Waals surface area contributed by atoms with Crippen molar-refractivity contribution in [2.75, 3.05) is 6.61 Å². The van der Waals surface area contributed by atoms with Crippen LogP contribution in [-0.4, -0.2) is 23.5 Å². The molecule has 3 aromatic rings. The Morgan fingerprint density at radius 1 is 0.897 bits per heavy atom. The molecule has 1 aliphatic rings. The maximum absolute atomic E-state index is 12.6. The number of hydrogen-bond acceptors (Lipinski definition) is 3. The summed E-state index contributed by atoms with van der Waals surface area (Å²) in [4.78, 5) is 23.4. The number of rotatable bonds is 5. The molecule has 0 unspecified atom stereocenters. The molecule has 1 atom stereocenters. The second-order valence-corrected chi connectivity index (χ2v) is 7.90. The number of amides is 1. The number of nitrogens with one attached hydrogen (secondary N) is 1. The molecule has 1 aliphatic carbocycles. The largest absolute Gasteiger partial charge is 0.449 e. The summed E-state index contributed by atoms with van der Waals surface area (Å²) in [5.41, 5.74) is 4.96. The van der Waals surface area contributed by atoms with Gasteiger partial charge in [0.2, 0.25) is 5.78 Å². The Labute approximate surface area is 174 Å². The summed E-state index contributed by atoms with van der Waals surface area (Å²) in [5.74, 6) is -0.451. The summed E-state index contributed by atoms with van der Waals surface area (Å²) in [6.45, 7) is 1.61. The molecule has 0 aliphatic heterocycles. The quantitative estimate of drug-likeness (QED) is 0.353. The molecule has 146 valence electrons. The van der Waals surface area contributed by atoms with Gasteiger partial charge < -0.3 is 4.74 Å². The highest BCUT2D eigenvalue weighted by Gasteiger charge is 2.35. The maximum Gasteiger partial charge on any atom is 0.408 e. The summed E-state index contributed by atoms with van der Waals surface area (Å²) >= 11 is 6.31. The Kier molecular flexibility index (Phi) is 5.12. The summed E-state index contributed by atoms with van der Waals surface area (Å²) in [5, 5.41) is 2.48. The van der Waals surface area contributed by atoms with Gasteiger partial charge in [0.15, 0.2) is 5.00 Å². The molecule has 3 aromatic carbocycles. The molecular formula is C24H20ClNO3. The molecule has 1 amide bonds. The van der Waals surface area contributed by atoms with Crippen molar-refractivity contribution in [1.82, 2.24) is 5.32 Å². The molecule has 0 bridgehead atoms. The summed E-state index contributed by atoms with van der Waals surface area (Å²) < 4.78 is 5.47. The minimum atomic E-state index is -1.59. The number of halogens is 1. The molecule has 0 spiro atoms. The predicted molar refractivity (Wildman–Crippen MR) is 113 cm³/mol. The van der Waals surface area contributed by atoms with Crippen molar-refractivity contribution in [1.29, 1.82) is 0 Å². The standard InChI is InChI=1S/C24H20ClNO3/c1-24(25,22(27)16-9-3-2-4-10-16)26-23(28)29-15-21-19-13-7-5-11-17(19)18-12-6-8-14-20(18)21/h2-14,21H,15H2,1H3,(H,26,28)/t24-/m0/s1. The Hall–Kier alpha value is -3.11. The number of alkyl carbamates (subject to hydrolysis) is 1. The number of fused-ring (bicyclic) bond motifs is 3. The van der Waals surface area contributed by atoms with E-state index in [2.05, 4.69) is 17.4 Å². The molecule has 4 rings (SSSR count). The van der Waals surface area contributed by atoms with Gasteiger partial charge in [-0.05, 0) is 29.2 Å². The van der Waals surface area contributed by atoms with Crippen LogP contribution in [0.15, 0.2) is 78.9 Å². The highest BCUT2D eigenvalue weighted by Crippen LogP contribution is 2.44. The molecule has 0 radical (unpaired) electrons. The smallest absolute Gasteiger partial charge is 0.408 e.